The summed E-state index contributed by atoms with van der Waals surface area (Å²) in [6, 6.07) is 12.9. The molecule has 3 aromatic rings. The van der Waals surface area contributed by atoms with Crippen LogP contribution in [0.4, 0.5) is 5.69 Å². The van der Waals surface area contributed by atoms with Crippen LogP contribution in [0.25, 0.3) is 0 Å². The average molecular weight is 644 g/mol. The molecule has 0 saturated heterocycles. The molecule has 2 N–H and O–H groups in total. The summed E-state index contributed by atoms with van der Waals surface area (Å²) in [5.41, 5.74) is -0.449. The number of carboxylic acid groups (broad SMARTS) is 1. The molecule has 0 spiro atoms. The highest BCUT2D eigenvalue weighted by molar-refractivity contribution is 6.33. The molecule has 0 aromatic heterocycles. The number of esters is 4. The maximum Gasteiger partial charge on any atom is 0.349 e. The quantitative estimate of drug-likeness (QED) is 0.215. The fourth-order valence-corrected chi connectivity index (χ4v) is 3.88. The molecule has 236 valence electrons. The zero-order valence-corrected chi connectivity index (χ0v) is 24.9. The second-order valence-corrected chi connectivity index (χ2v) is 9.28. The number of anilines is 1. The van der Waals surface area contributed by atoms with E-state index >= 15 is 0 Å². The monoisotopic (exact) mass is 643 g/mol. The summed E-state index contributed by atoms with van der Waals surface area (Å²) in [6.45, 7) is 2.31. The summed E-state index contributed by atoms with van der Waals surface area (Å²) in [5, 5.41) is 12.4. The van der Waals surface area contributed by atoms with E-state index < -0.39 is 48.0 Å². The van der Waals surface area contributed by atoms with Gasteiger partial charge in [0.15, 0.2) is 23.0 Å². The third-order valence-electron chi connectivity index (χ3n) is 5.68. The van der Waals surface area contributed by atoms with E-state index in [4.69, 9.17) is 40.0 Å². The molecule has 3 aromatic carbocycles. The molecule has 3 rings (SSSR count). The second kappa shape index (κ2) is 15.2. The minimum atomic E-state index is -2.38. The molecule has 0 aliphatic carbocycles. The number of rotatable bonds is 12. The van der Waals surface area contributed by atoms with Crippen LogP contribution < -0.4 is 24.3 Å². The van der Waals surface area contributed by atoms with Crippen molar-refractivity contribution < 1.29 is 62.3 Å². The molecule has 0 bridgehead atoms. The number of halogens is 1. The highest BCUT2D eigenvalue weighted by Gasteiger charge is 2.41. The van der Waals surface area contributed by atoms with Crippen molar-refractivity contribution in [1.82, 2.24) is 0 Å². The molecule has 0 saturated carbocycles. The Labute approximate surface area is 260 Å². The van der Waals surface area contributed by atoms with E-state index in [9.17, 15) is 33.9 Å². The normalized spacial score (nSPS) is 11.7. The van der Waals surface area contributed by atoms with Gasteiger partial charge in [0, 0.05) is 13.8 Å². The Morgan fingerprint density at radius 2 is 1.16 bits per heavy atom. The molecule has 0 aliphatic heterocycles. The summed E-state index contributed by atoms with van der Waals surface area (Å²) in [6.07, 6.45) is -4.65. The lowest BCUT2D eigenvalue weighted by Gasteiger charge is -2.24. The number of aliphatic carboxylic acids is 1. The van der Waals surface area contributed by atoms with Crippen LogP contribution in [-0.2, 0) is 28.7 Å². The summed E-state index contributed by atoms with van der Waals surface area (Å²) < 4.78 is 30.7. The predicted molar refractivity (Wildman–Crippen MR) is 155 cm³/mol. The number of para-hydroxylation sites is 1. The van der Waals surface area contributed by atoms with Crippen LogP contribution in [-0.4, -0.2) is 67.3 Å². The maximum absolute atomic E-state index is 13.4. The number of hydrogen-bond donors (Lipinski definition) is 2. The minimum Gasteiger partial charge on any atom is -0.493 e. The molecule has 0 radical (unpaired) electrons. The molecular weight excluding hydrogens is 618 g/mol. The first-order chi connectivity index (χ1) is 21.3. The van der Waals surface area contributed by atoms with Gasteiger partial charge in [-0.1, -0.05) is 23.7 Å². The Hall–Kier alpha value is -5.63. The van der Waals surface area contributed by atoms with E-state index in [1.807, 2.05) is 0 Å². The molecule has 45 heavy (non-hydrogen) atoms. The average Bonchev–Trinajstić information content (AvgIpc) is 2.99. The Morgan fingerprint density at radius 1 is 0.689 bits per heavy atom. The van der Waals surface area contributed by atoms with Crippen molar-refractivity contribution in [3.8, 4) is 23.0 Å². The van der Waals surface area contributed by atoms with Gasteiger partial charge in [0.25, 0.3) is 5.91 Å². The van der Waals surface area contributed by atoms with Crippen LogP contribution in [0.3, 0.4) is 0 Å². The van der Waals surface area contributed by atoms with Gasteiger partial charge in [-0.3, -0.25) is 14.4 Å². The first-order valence-corrected chi connectivity index (χ1v) is 13.2. The lowest BCUT2D eigenvalue weighted by atomic mass is 10.1. The SMILES string of the molecule is COc1cc(C(=O)O[C@@H](C(=O)O)[C@@H](OC(=O)c2ccc(OC(C)=O)c(OC)c2)C(=O)Nc2ccccc2Cl)ccc1OC(C)=O. The van der Waals surface area contributed by atoms with E-state index in [-0.39, 0.29) is 44.8 Å². The van der Waals surface area contributed by atoms with Gasteiger partial charge in [0.1, 0.15) is 0 Å². The van der Waals surface area contributed by atoms with E-state index in [2.05, 4.69) is 5.32 Å². The van der Waals surface area contributed by atoms with Crippen molar-refractivity contribution in [2.45, 2.75) is 26.1 Å². The summed E-state index contributed by atoms with van der Waals surface area (Å²) in [5.74, 6) is -7.02. The van der Waals surface area contributed by atoms with Gasteiger partial charge in [-0.2, -0.15) is 0 Å². The van der Waals surface area contributed by atoms with Crippen LogP contribution in [0.5, 0.6) is 23.0 Å². The Morgan fingerprint density at radius 3 is 1.58 bits per heavy atom. The number of nitrogens with one attached hydrogen (secondary N) is 1. The van der Waals surface area contributed by atoms with Crippen molar-refractivity contribution in [1.29, 1.82) is 0 Å². The summed E-state index contributed by atoms with van der Waals surface area (Å²) in [7, 11) is 2.48. The van der Waals surface area contributed by atoms with Crippen molar-refractivity contribution in [3.05, 3.63) is 76.8 Å². The van der Waals surface area contributed by atoms with Crippen molar-refractivity contribution >= 4 is 53.0 Å². The highest BCUT2D eigenvalue weighted by Crippen LogP contribution is 2.30. The van der Waals surface area contributed by atoms with Crippen LogP contribution >= 0.6 is 11.6 Å². The zero-order valence-electron chi connectivity index (χ0n) is 24.2. The Balaban J connectivity index is 1.98. The number of hydrogen-bond acceptors (Lipinski definition) is 12. The van der Waals surface area contributed by atoms with Crippen LogP contribution in [0.2, 0.25) is 5.02 Å². The van der Waals surface area contributed by atoms with Crippen LogP contribution in [0.15, 0.2) is 60.7 Å². The first kappa shape index (κ1) is 33.9. The van der Waals surface area contributed by atoms with Crippen LogP contribution in [0, 0.1) is 0 Å². The molecule has 0 fully saturated rings. The minimum absolute atomic E-state index is 0.0259. The van der Waals surface area contributed by atoms with Crippen LogP contribution in [0.1, 0.15) is 34.6 Å². The molecule has 0 heterocycles. The standard InChI is InChI=1S/C30H26ClNO13/c1-15(33)42-21-11-9-17(13-23(21)40-3)29(38)44-25(27(35)32-20-8-6-5-7-19(20)31)26(28(36)37)45-30(39)18-10-12-22(43-16(2)34)24(14-18)41-4/h5-14,25-26H,1-4H3,(H,32,35)(H,36,37)/t25-,26-/m1/s1. The third kappa shape index (κ3) is 8.93. The Bertz CT molecular complexity index is 1640. The van der Waals surface area contributed by atoms with E-state index in [0.717, 1.165) is 32.0 Å². The lowest BCUT2D eigenvalue weighted by Crippen LogP contribution is -2.48. The molecule has 2 atom stereocenters. The summed E-state index contributed by atoms with van der Waals surface area (Å²) in [4.78, 5) is 74.7. The number of carbonyl (C=O) groups excluding carboxylic acids is 5. The molecule has 0 unspecified atom stereocenters. The van der Waals surface area contributed by atoms with E-state index in [1.165, 1.54) is 50.6 Å². The van der Waals surface area contributed by atoms with Gasteiger partial charge in [0.2, 0.25) is 12.2 Å². The molecule has 14 nitrogen and oxygen atoms in total. The fraction of sp³-hybridized carbons (Fsp3) is 0.200. The predicted octanol–water partition coefficient (Wildman–Crippen LogP) is 3.68. The number of carbonyl (C=O) groups is 6. The van der Waals surface area contributed by atoms with E-state index in [0.29, 0.717) is 0 Å². The lowest BCUT2D eigenvalue weighted by molar-refractivity contribution is -0.157. The number of methoxy groups -OCH3 is 2. The van der Waals surface area contributed by atoms with Gasteiger partial charge >= 0.3 is 29.8 Å². The van der Waals surface area contributed by atoms with Gasteiger partial charge < -0.3 is 38.8 Å². The molecular formula is C30H26ClNO13. The Kier molecular flexibility index (Phi) is 11.4. The molecule has 1 amide bonds. The fourth-order valence-electron chi connectivity index (χ4n) is 3.70. The van der Waals surface area contributed by atoms with Gasteiger partial charge in [-0.05, 0) is 48.5 Å². The first-order valence-electron chi connectivity index (χ1n) is 12.8. The third-order valence-corrected chi connectivity index (χ3v) is 6.01. The zero-order chi connectivity index (χ0) is 33.3. The number of benzene rings is 3. The number of ether oxygens (including phenoxy) is 6. The van der Waals surface area contributed by atoms with Crippen molar-refractivity contribution in [2.75, 3.05) is 19.5 Å². The molecule has 15 heteroatoms. The highest BCUT2D eigenvalue weighted by atomic mass is 35.5. The smallest absolute Gasteiger partial charge is 0.349 e. The summed E-state index contributed by atoms with van der Waals surface area (Å²) >= 11 is 6.12. The topological polar surface area (TPSA) is 190 Å². The molecule has 0 aliphatic rings. The largest absolute Gasteiger partial charge is 0.493 e. The van der Waals surface area contributed by atoms with E-state index in [1.54, 1.807) is 6.07 Å². The second-order valence-electron chi connectivity index (χ2n) is 8.88. The number of amides is 1. The van der Waals surface area contributed by atoms with Crippen molar-refractivity contribution in [2.24, 2.45) is 0 Å². The maximum atomic E-state index is 13.4. The van der Waals surface area contributed by atoms with Gasteiger partial charge in [-0.15, -0.1) is 0 Å². The van der Waals surface area contributed by atoms with Crippen molar-refractivity contribution in [3.63, 3.8) is 0 Å². The van der Waals surface area contributed by atoms with Gasteiger partial charge in [0.05, 0.1) is 36.1 Å². The number of carboxylic acids is 1. The van der Waals surface area contributed by atoms with Gasteiger partial charge in [-0.25, -0.2) is 14.4 Å².